The standard InChI is InChI=1S/C26H20Cl2N2O3S2/c1-15-4-3-5-22(16(15)2)29-24(31)14-33-19-9-6-17(7-10-19)12-23-25(32)30(26(34)35-23)18-8-11-20(27)21(28)13-18/h3-13H,14H2,1-2H3,(H,29,31)/b23-12-. The number of rotatable bonds is 6. The average molecular weight is 543 g/mol. The topological polar surface area (TPSA) is 58.6 Å². The molecule has 4 rings (SSSR count). The van der Waals surface area contributed by atoms with E-state index in [4.69, 9.17) is 40.2 Å². The number of thioether (sulfide) groups is 1. The molecule has 9 heteroatoms. The van der Waals surface area contributed by atoms with E-state index in [1.54, 1.807) is 36.4 Å². The van der Waals surface area contributed by atoms with Gasteiger partial charge in [-0.2, -0.15) is 0 Å². The Balaban J connectivity index is 1.38. The minimum absolute atomic E-state index is 0.116. The highest BCUT2D eigenvalue weighted by molar-refractivity contribution is 8.27. The van der Waals surface area contributed by atoms with E-state index in [2.05, 4.69) is 5.32 Å². The zero-order valence-electron chi connectivity index (χ0n) is 18.8. The van der Waals surface area contributed by atoms with Gasteiger partial charge in [0.05, 0.1) is 20.6 Å². The van der Waals surface area contributed by atoms with Crippen molar-refractivity contribution in [2.24, 2.45) is 0 Å². The Morgan fingerprint density at radius 3 is 2.54 bits per heavy atom. The van der Waals surface area contributed by atoms with Gasteiger partial charge in [0.25, 0.3) is 11.8 Å². The summed E-state index contributed by atoms with van der Waals surface area (Å²) in [7, 11) is 0. The number of hydrogen-bond donors (Lipinski definition) is 1. The van der Waals surface area contributed by atoms with Crippen LogP contribution in [-0.2, 0) is 9.59 Å². The van der Waals surface area contributed by atoms with Crippen LogP contribution < -0.4 is 15.0 Å². The Bertz CT molecular complexity index is 1360. The second-order valence-corrected chi connectivity index (χ2v) is 10.3. The second-order valence-electron chi connectivity index (χ2n) is 7.77. The van der Waals surface area contributed by atoms with Gasteiger partial charge in [0.2, 0.25) is 0 Å². The molecular weight excluding hydrogens is 523 g/mol. The molecule has 1 fully saturated rings. The molecule has 1 saturated heterocycles. The average Bonchev–Trinajstić information content (AvgIpc) is 3.11. The zero-order valence-corrected chi connectivity index (χ0v) is 21.9. The summed E-state index contributed by atoms with van der Waals surface area (Å²) in [6.07, 6.45) is 1.76. The van der Waals surface area contributed by atoms with Crippen LogP contribution in [-0.4, -0.2) is 22.7 Å². The highest BCUT2D eigenvalue weighted by Crippen LogP contribution is 2.38. The Kier molecular flexibility index (Phi) is 7.82. The number of thiocarbonyl (C=S) groups is 1. The summed E-state index contributed by atoms with van der Waals surface area (Å²) in [4.78, 5) is 27.2. The first kappa shape index (κ1) is 25.3. The number of nitrogens with zero attached hydrogens (tertiary/aromatic N) is 1. The maximum absolute atomic E-state index is 13.0. The van der Waals surface area contributed by atoms with Gasteiger partial charge in [0.1, 0.15) is 5.75 Å². The molecule has 1 aliphatic rings. The molecule has 1 aliphatic heterocycles. The second kappa shape index (κ2) is 10.8. The fraction of sp³-hybridized carbons (Fsp3) is 0.115. The van der Waals surface area contributed by atoms with Crippen LogP contribution in [0.2, 0.25) is 10.0 Å². The van der Waals surface area contributed by atoms with Crippen molar-refractivity contribution in [1.29, 1.82) is 0 Å². The minimum Gasteiger partial charge on any atom is -0.484 e. The quantitative estimate of drug-likeness (QED) is 0.267. The van der Waals surface area contributed by atoms with E-state index >= 15 is 0 Å². The third-order valence-corrected chi connectivity index (χ3v) is 7.42. The van der Waals surface area contributed by atoms with E-state index in [0.29, 0.717) is 30.7 Å². The summed E-state index contributed by atoms with van der Waals surface area (Å²) in [5, 5.41) is 3.62. The predicted octanol–water partition coefficient (Wildman–Crippen LogP) is 7.03. The Labute approximate surface area is 223 Å². The molecule has 0 spiro atoms. The first-order valence-electron chi connectivity index (χ1n) is 10.5. The van der Waals surface area contributed by atoms with Crippen LogP contribution in [0.4, 0.5) is 11.4 Å². The lowest BCUT2D eigenvalue weighted by molar-refractivity contribution is -0.118. The Hall–Kier alpha value is -2.84. The van der Waals surface area contributed by atoms with E-state index in [1.165, 1.54) is 16.7 Å². The number of anilines is 2. The fourth-order valence-corrected chi connectivity index (χ4v) is 4.94. The van der Waals surface area contributed by atoms with Crippen molar-refractivity contribution < 1.29 is 14.3 Å². The molecular formula is C26H20Cl2N2O3S2. The number of carbonyl (C=O) groups is 2. The molecule has 3 aromatic carbocycles. The van der Waals surface area contributed by atoms with Gasteiger partial charge in [-0.05, 0) is 73.0 Å². The number of ether oxygens (including phenoxy) is 1. The predicted molar refractivity (Wildman–Crippen MR) is 149 cm³/mol. The third-order valence-electron chi connectivity index (χ3n) is 5.38. The van der Waals surface area contributed by atoms with Crippen molar-refractivity contribution in [3.63, 3.8) is 0 Å². The van der Waals surface area contributed by atoms with Gasteiger partial charge in [-0.1, -0.05) is 71.4 Å². The van der Waals surface area contributed by atoms with E-state index < -0.39 is 0 Å². The zero-order chi connectivity index (χ0) is 25.1. The first-order valence-corrected chi connectivity index (χ1v) is 12.5. The summed E-state index contributed by atoms with van der Waals surface area (Å²) in [6, 6.07) is 17.8. The Morgan fingerprint density at radius 2 is 1.83 bits per heavy atom. The normalized spacial score (nSPS) is 14.5. The summed E-state index contributed by atoms with van der Waals surface area (Å²) in [5.74, 6) is 0.0669. The summed E-state index contributed by atoms with van der Waals surface area (Å²) in [5.41, 5.74) is 4.26. The highest BCUT2D eigenvalue weighted by atomic mass is 35.5. The van der Waals surface area contributed by atoms with Crippen LogP contribution >= 0.6 is 47.2 Å². The molecule has 1 heterocycles. The molecule has 1 N–H and O–H groups in total. The molecule has 0 atom stereocenters. The van der Waals surface area contributed by atoms with Crippen LogP contribution in [0.15, 0.2) is 65.6 Å². The van der Waals surface area contributed by atoms with Crippen molar-refractivity contribution in [3.05, 3.63) is 92.3 Å². The first-order chi connectivity index (χ1) is 16.7. The number of carbonyl (C=O) groups excluding carboxylic acids is 2. The number of benzene rings is 3. The van der Waals surface area contributed by atoms with Gasteiger partial charge in [0, 0.05) is 5.69 Å². The number of halogens is 2. The maximum atomic E-state index is 13.0. The SMILES string of the molecule is Cc1cccc(NC(=O)COc2ccc(/C=C3\SC(=S)N(c4ccc(Cl)c(Cl)c4)C3=O)cc2)c1C. The third kappa shape index (κ3) is 5.87. The molecule has 178 valence electrons. The molecule has 0 aliphatic carbocycles. The summed E-state index contributed by atoms with van der Waals surface area (Å²) >= 11 is 18.7. The number of nitrogens with one attached hydrogen (secondary N) is 1. The van der Waals surface area contributed by atoms with Gasteiger partial charge < -0.3 is 10.1 Å². The van der Waals surface area contributed by atoms with Crippen LogP contribution in [0.5, 0.6) is 5.75 Å². The van der Waals surface area contributed by atoms with Crippen molar-refractivity contribution >= 4 is 80.8 Å². The monoisotopic (exact) mass is 542 g/mol. The van der Waals surface area contributed by atoms with Crippen LogP contribution in [0, 0.1) is 13.8 Å². The van der Waals surface area contributed by atoms with Crippen LogP contribution in [0.1, 0.15) is 16.7 Å². The highest BCUT2D eigenvalue weighted by Gasteiger charge is 2.33. The number of amides is 2. The lowest BCUT2D eigenvalue weighted by atomic mass is 10.1. The van der Waals surface area contributed by atoms with Crippen molar-refractivity contribution in [2.45, 2.75) is 13.8 Å². The van der Waals surface area contributed by atoms with E-state index in [9.17, 15) is 9.59 Å². The lowest BCUT2D eigenvalue weighted by Crippen LogP contribution is -2.27. The fourth-order valence-electron chi connectivity index (χ4n) is 3.35. The largest absolute Gasteiger partial charge is 0.484 e. The molecule has 5 nitrogen and oxygen atoms in total. The number of aryl methyl sites for hydroxylation is 1. The summed E-state index contributed by atoms with van der Waals surface area (Å²) < 4.78 is 6.02. The summed E-state index contributed by atoms with van der Waals surface area (Å²) in [6.45, 7) is 3.84. The van der Waals surface area contributed by atoms with Gasteiger partial charge in [0.15, 0.2) is 10.9 Å². The smallest absolute Gasteiger partial charge is 0.270 e. The molecule has 0 radical (unpaired) electrons. The molecule has 2 amide bonds. The Morgan fingerprint density at radius 1 is 1.09 bits per heavy atom. The van der Waals surface area contributed by atoms with E-state index in [1.807, 2.05) is 44.2 Å². The van der Waals surface area contributed by atoms with Crippen LogP contribution in [0.3, 0.4) is 0 Å². The van der Waals surface area contributed by atoms with Crippen LogP contribution in [0.25, 0.3) is 6.08 Å². The van der Waals surface area contributed by atoms with E-state index in [-0.39, 0.29) is 18.4 Å². The molecule has 0 saturated carbocycles. The van der Waals surface area contributed by atoms with Gasteiger partial charge in [-0.25, -0.2) is 0 Å². The van der Waals surface area contributed by atoms with Crippen molar-refractivity contribution in [2.75, 3.05) is 16.8 Å². The molecule has 3 aromatic rings. The van der Waals surface area contributed by atoms with Gasteiger partial charge in [-0.3, -0.25) is 14.5 Å². The maximum Gasteiger partial charge on any atom is 0.270 e. The molecule has 0 unspecified atom stereocenters. The molecule has 0 bridgehead atoms. The minimum atomic E-state index is -0.242. The molecule has 35 heavy (non-hydrogen) atoms. The molecule has 0 aromatic heterocycles. The van der Waals surface area contributed by atoms with Crippen molar-refractivity contribution in [3.8, 4) is 5.75 Å². The lowest BCUT2D eigenvalue weighted by Gasteiger charge is -2.15. The van der Waals surface area contributed by atoms with Gasteiger partial charge in [-0.15, -0.1) is 0 Å². The van der Waals surface area contributed by atoms with E-state index in [0.717, 1.165) is 22.4 Å². The van der Waals surface area contributed by atoms with Crippen molar-refractivity contribution in [1.82, 2.24) is 0 Å². The van der Waals surface area contributed by atoms with Gasteiger partial charge >= 0.3 is 0 Å². The number of hydrogen-bond acceptors (Lipinski definition) is 5.